The van der Waals surface area contributed by atoms with Crippen molar-refractivity contribution in [2.45, 2.75) is 26.7 Å². The van der Waals surface area contributed by atoms with Crippen molar-refractivity contribution in [2.75, 3.05) is 19.0 Å². The second-order valence-corrected chi connectivity index (χ2v) is 8.68. The molecular formula is C22H24N6O3S. The summed E-state index contributed by atoms with van der Waals surface area (Å²) in [5.41, 5.74) is 2.76. The van der Waals surface area contributed by atoms with E-state index in [1.165, 1.54) is 11.3 Å². The summed E-state index contributed by atoms with van der Waals surface area (Å²) in [6.45, 7) is 4.58. The van der Waals surface area contributed by atoms with E-state index in [0.717, 1.165) is 27.8 Å². The van der Waals surface area contributed by atoms with E-state index in [9.17, 15) is 4.79 Å². The summed E-state index contributed by atoms with van der Waals surface area (Å²) < 4.78 is 11.4. The molecule has 0 aliphatic carbocycles. The predicted octanol–water partition coefficient (Wildman–Crippen LogP) is 4.31. The number of urea groups is 1. The molecule has 2 N–H and O–H groups in total. The molecule has 0 saturated carbocycles. The summed E-state index contributed by atoms with van der Waals surface area (Å²) in [5.74, 6) is 2.35. The quantitative estimate of drug-likeness (QED) is 0.409. The first-order valence-electron chi connectivity index (χ1n) is 10.3. The second kappa shape index (κ2) is 9.73. The third-order valence-corrected chi connectivity index (χ3v) is 5.55. The molecule has 3 aromatic heterocycles. The van der Waals surface area contributed by atoms with Crippen LogP contribution in [0.5, 0.6) is 5.75 Å². The van der Waals surface area contributed by atoms with Crippen LogP contribution < -0.4 is 15.4 Å². The molecule has 10 heteroatoms. The van der Waals surface area contributed by atoms with E-state index in [1.54, 1.807) is 19.5 Å². The van der Waals surface area contributed by atoms with Crippen molar-refractivity contribution in [3.05, 3.63) is 48.4 Å². The number of anilines is 1. The number of amides is 2. The van der Waals surface area contributed by atoms with Gasteiger partial charge >= 0.3 is 6.03 Å². The molecule has 2 amide bonds. The highest BCUT2D eigenvalue weighted by atomic mass is 32.1. The number of nitrogens with one attached hydrogen (secondary N) is 2. The highest BCUT2D eigenvalue weighted by Crippen LogP contribution is 2.31. The van der Waals surface area contributed by atoms with Crippen LogP contribution in [0.3, 0.4) is 0 Å². The van der Waals surface area contributed by atoms with E-state index < -0.39 is 0 Å². The normalized spacial score (nSPS) is 11.1. The number of hydrogen-bond donors (Lipinski definition) is 2. The van der Waals surface area contributed by atoms with Crippen molar-refractivity contribution in [3.63, 3.8) is 0 Å². The number of thiazole rings is 1. The first kappa shape index (κ1) is 21.7. The highest BCUT2D eigenvalue weighted by Gasteiger charge is 2.11. The van der Waals surface area contributed by atoms with Gasteiger partial charge in [-0.2, -0.15) is 4.98 Å². The van der Waals surface area contributed by atoms with Crippen molar-refractivity contribution < 1.29 is 14.1 Å². The zero-order valence-corrected chi connectivity index (χ0v) is 18.9. The number of aromatic nitrogens is 4. The van der Waals surface area contributed by atoms with Crippen molar-refractivity contribution in [1.29, 1.82) is 0 Å². The lowest BCUT2D eigenvalue weighted by molar-refractivity contribution is 0.252. The van der Waals surface area contributed by atoms with Gasteiger partial charge < -0.3 is 14.6 Å². The Bertz CT molecular complexity index is 1220. The zero-order valence-electron chi connectivity index (χ0n) is 18.1. The summed E-state index contributed by atoms with van der Waals surface area (Å²) in [7, 11) is 1.61. The molecule has 166 valence electrons. The minimum absolute atomic E-state index is 0.327. The molecule has 0 radical (unpaired) electrons. The van der Waals surface area contributed by atoms with Gasteiger partial charge in [-0.25, -0.2) is 9.78 Å². The Labute approximate surface area is 189 Å². The predicted molar refractivity (Wildman–Crippen MR) is 123 cm³/mol. The fourth-order valence-electron chi connectivity index (χ4n) is 3.10. The SMILES string of the molecule is COc1cncc(-c2ccc3nc(NC(=O)NCCc4noc(CC(C)C)n4)sc3c2)c1. The van der Waals surface area contributed by atoms with Gasteiger partial charge in [0.05, 0.1) is 23.5 Å². The summed E-state index contributed by atoms with van der Waals surface area (Å²) in [6, 6.07) is 7.52. The van der Waals surface area contributed by atoms with E-state index in [2.05, 4.69) is 44.6 Å². The number of hydrogen-bond acceptors (Lipinski definition) is 8. The summed E-state index contributed by atoms with van der Waals surface area (Å²) in [5, 5.41) is 10.1. The maximum Gasteiger partial charge on any atom is 0.321 e. The van der Waals surface area contributed by atoms with Crippen molar-refractivity contribution >= 4 is 32.7 Å². The number of pyridine rings is 1. The van der Waals surface area contributed by atoms with Crippen LogP contribution in [0.2, 0.25) is 0 Å². The molecule has 0 fully saturated rings. The Morgan fingerprint density at radius 3 is 2.88 bits per heavy atom. The van der Waals surface area contributed by atoms with Crippen LogP contribution in [0.25, 0.3) is 21.3 Å². The molecule has 0 aliphatic heterocycles. The van der Waals surface area contributed by atoms with Gasteiger partial charge in [-0.15, -0.1) is 0 Å². The molecule has 3 heterocycles. The molecule has 0 unspecified atom stereocenters. The van der Waals surface area contributed by atoms with Gasteiger partial charge in [-0.3, -0.25) is 10.3 Å². The van der Waals surface area contributed by atoms with Gasteiger partial charge in [-0.05, 0) is 29.7 Å². The first-order chi connectivity index (χ1) is 15.5. The standard InChI is InChI=1S/C22H24N6O3S/c1-13(2)8-20-26-19(28-31-20)6-7-24-21(29)27-22-25-17-5-4-14(10-18(17)32-22)15-9-16(30-3)12-23-11-15/h4-5,9-13H,6-8H2,1-3H3,(H2,24,25,27,29). The van der Waals surface area contributed by atoms with E-state index >= 15 is 0 Å². The van der Waals surface area contributed by atoms with Crippen molar-refractivity contribution in [3.8, 4) is 16.9 Å². The summed E-state index contributed by atoms with van der Waals surface area (Å²) in [6.07, 6.45) is 4.69. The molecule has 0 atom stereocenters. The van der Waals surface area contributed by atoms with Gasteiger partial charge in [0.15, 0.2) is 11.0 Å². The van der Waals surface area contributed by atoms with Gasteiger partial charge in [0.2, 0.25) is 5.89 Å². The number of benzene rings is 1. The molecule has 4 rings (SSSR count). The maximum atomic E-state index is 12.2. The second-order valence-electron chi connectivity index (χ2n) is 7.65. The van der Waals surface area contributed by atoms with Gasteiger partial charge in [0.1, 0.15) is 5.75 Å². The van der Waals surface area contributed by atoms with Gasteiger partial charge in [0.25, 0.3) is 0 Å². The third kappa shape index (κ3) is 5.38. The number of carbonyl (C=O) groups excluding carboxylic acids is 1. The fraction of sp³-hybridized carbons (Fsp3) is 0.318. The van der Waals surface area contributed by atoms with Crippen LogP contribution in [-0.4, -0.2) is 39.8 Å². The van der Waals surface area contributed by atoms with Crippen LogP contribution >= 0.6 is 11.3 Å². The Morgan fingerprint density at radius 1 is 1.19 bits per heavy atom. The Balaban J connectivity index is 1.34. The lowest BCUT2D eigenvalue weighted by atomic mass is 10.1. The van der Waals surface area contributed by atoms with Gasteiger partial charge in [0, 0.05) is 31.1 Å². The molecule has 32 heavy (non-hydrogen) atoms. The molecule has 0 bridgehead atoms. The van der Waals surface area contributed by atoms with E-state index in [0.29, 0.717) is 41.5 Å². The lowest BCUT2D eigenvalue weighted by Crippen LogP contribution is -2.30. The summed E-state index contributed by atoms with van der Waals surface area (Å²) >= 11 is 1.41. The molecule has 9 nitrogen and oxygen atoms in total. The summed E-state index contributed by atoms with van der Waals surface area (Å²) in [4.78, 5) is 25.3. The molecule has 0 aliphatic rings. The highest BCUT2D eigenvalue weighted by molar-refractivity contribution is 7.22. The number of carbonyl (C=O) groups is 1. The van der Waals surface area contributed by atoms with E-state index in [1.807, 2.05) is 24.3 Å². The number of fused-ring (bicyclic) bond motifs is 1. The van der Waals surface area contributed by atoms with Crippen LogP contribution in [0.15, 0.2) is 41.2 Å². The topological polar surface area (TPSA) is 115 Å². The lowest BCUT2D eigenvalue weighted by Gasteiger charge is -2.03. The van der Waals surface area contributed by atoms with Crippen molar-refractivity contribution in [2.24, 2.45) is 5.92 Å². The number of rotatable bonds is 8. The molecule has 0 spiro atoms. The van der Waals surface area contributed by atoms with Gasteiger partial charge in [-0.1, -0.05) is 36.4 Å². The van der Waals surface area contributed by atoms with Crippen LogP contribution in [0.1, 0.15) is 25.6 Å². The van der Waals surface area contributed by atoms with E-state index in [4.69, 9.17) is 9.26 Å². The average Bonchev–Trinajstić information content (AvgIpc) is 3.38. The third-order valence-electron chi connectivity index (χ3n) is 4.62. The van der Waals surface area contributed by atoms with Crippen molar-refractivity contribution in [1.82, 2.24) is 25.4 Å². The number of nitrogens with zero attached hydrogens (tertiary/aromatic N) is 4. The monoisotopic (exact) mass is 452 g/mol. The minimum atomic E-state index is -0.327. The smallest absolute Gasteiger partial charge is 0.321 e. The first-order valence-corrected chi connectivity index (χ1v) is 11.1. The van der Waals surface area contributed by atoms with Crippen LogP contribution in [0, 0.1) is 5.92 Å². The average molecular weight is 453 g/mol. The Morgan fingerprint density at radius 2 is 2.06 bits per heavy atom. The van der Waals surface area contributed by atoms with E-state index in [-0.39, 0.29) is 6.03 Å². The molecular weight excluding hydrogens is 428 g/mol. The molecule has 0 saturated heterocycles. The largest absolute Gasteiger partial charge is 0.495 e. The van der Waals surface area contributed by atoms with Crippen LogP contribution in [0.4, 0.5) is 9.93 Å². The zero-order chi connectivity index (χ0) is 22.5. The maximum absolute atomic E-state index is 12.2. The fourth-order valence-corrected chi connectivity index (χ4v) is 4.00. The number of ether oxygens (including phenoxy) is 1. The Kier molecular flexibility index (Phi) is 6.60. The Hall–Kier alpha value is -3.53. The number of methoxy groups -OCH3 is 1. The molecule has 4 aromatic rings. The minimum Gasteiger partial charge on any atom is -0.495 e. The van der Waals surface area contributed by atoms with Crippen LogP contribution in [-0.2, 0) is 12.8 Å². The molecule has 1 aromatic carbocycles.